The smallest absolute Gasteiger partial charge is 0.262 e. The van der Waals surface area contributed by atoms with Crippen molar-refractivity contribution in [1.29, 1.82) is 0 Å². The van der Waals surface area contributed by atoms with Gasteiger partial charge in [0.1, 0.15) is 11.5 Å². The minimum absolute atomic E-state index is 0.0596. The van der Waals surface area contributed by atoms with Crippen LogP contribution in [-0.4, -0.2) is 15.0 Å². The van der Waals surface area contributed by atoms with E-state index in [1.165, 1.54) is 12.1 Å². The predicted molar refractivity (Wildman–Crippen MR) is 71.3 cm³/mol. The Morgan fingerprint density at radius 1 is 1.21 bits per heavy atom. The van der Waals surface area contributed by atoms with Gasteiger partial charge in [0.05, 0.1) is 5.39 Å². The van der Waals surface area contributed by atoms with Crippen molar-refractivity contribution in [2.45, 2.75) is 6.92 Å². The zero-order chi connectivity index (χ0) is 13.6. The number of aromatic nitrogens is 3. The van der Waals surface area contributed by atoms with Crippen molar-refractivity contribution in [2.75, 3.05) is 5.73 Å². The average molecular weight is 258 g/mol. The number of hydrogen-bond acceptors (Lipinski definition) is 3. The molecule has 0 unspecified atom stereocenters. The van der Waals surface area contributed by atoms with E-state index in [0.29, 0.717) is 16.6 Å². The maximum absolute atomic E-state index is 13.0. The van der Waals surface area contributed by atoms with Gasteiger partial charge in [0.15, 0.2) is 0 Å². The first-order chi connectivity index (χ1) is 9.06. The van der Waals surface area contributed by atoms with Crippen molar-refractivity contribution in [2.24, 2.45) is 0 Å². The van der Waals surface area contributed by atoms with E-state index < -0.39 is 0 Å². The van der Waals surface area contributed by atoms with E-state index in [1.807, 2.05) is 6.92 Å². The number of anilines is 1. The van der Waals surface area contributed by atoms with Crippen molar-refractivity contribution in [1.82, 2.24) is 15.0 Å². The molecule has 0 radical (unpaired) electrons. The van der Waals surface area contributed by atoms with E-state index in [2.05, 4.69) is 15.0 Å². The Hall–Kier alpha value is -2.63. The number of H-pyrrole nitrogens is 2. The van der Waals surface area contributed by atoms with Crippen molar-refractivity contribution in [3.8, 4) is 11.1 Å². The lowest BCUT2D eigenvalue weighted by Gasteiger charge is -2.01. The van der Waals surface area contributed by atoms with Gasteiger partial charge in [-0.3, -0.25) is 9.78 Å². The molecule has 96 valence electrons. The summed E-state index contributed by atoms with van der Waals surface area (Å²) in [7, 11) is 0. The van der Waals surface area contributed by atoms with Gasteiger partial charge in [-0.2, -0.15) is 4.98 Å². The fraction of sp³-hybridized carbons (Fsp3) is 0.0769. The van der Waals surface area contributed by atoms with Crippen LogP contribution in [0.2, 0.25) is 0 Å². The van der Waals surface area contributed by atoms with Crippen LogP contribution in [0, 0.1) is 12.7 Å². The summed E-state index contributed by atoms with van der Waals surface area (Å²) in [6, 6.07) is 5.96. The van der Waals surface area contributed by atoms with Crippen molar-refractivity contribution >= 4 is 17.0 Å². The third kappa shape index (κ3) is 1.77. The number of nitrogen functional groups attached to an aromatic ring is 1. The van der Waals surface area contributed by atoms with Crippen molar-refractivity contribution < 1.29 is 4.39 Å². The minimum Gasteiger partial charge on any atom is -0.369 e. The Bertz CT molecular complexity index is 817. The largest absolute Gasteiger partial charge is 0.369 e. The highest BCUT2D eigenvalue weighted by Gasteiger charge is 2.15. The molecule has 6 heteroatoms. The first-order valence-corrected chi connectivity index (χ1v) is 5.70. The van der Waals surface area contributed by atoms with Crippen molar-refractivity contribution in [3.05, 3.63) is 46.1 Å². The molecule has 1 aromatic carbocycles. The van der Waals surface area contributed by atoms with Gasteiger partial charge < -0.3 is 10.7 Å². The molecule has 0 aliphatic heterocycles. The Kier molecular flexibility index (Phi) is 2.38. The third-order valence-corrected chi connectivity index (χ3v) is 3.00. The van der Waals surface area contributed by atoms with Crippen LogP contribution in [0.3, 0.4) is 0 Å². The molecule has 3 rings (SSSR count). The van der Waals surface area contributed by atoms with Crippen LogP contribution in [-0.2, 0) is 0 Å². The zero-order valence-electron chi connectivity index (χ0n) is 10.1. The topological polar surface area (TPSA) is 87.6 Å². The van der Waals surface area contributed by atoms with Crippen LogP contribution in [0.25, 0.3) is 22.2 Å². The number of benzene rings is 1. The van der Waals surface area contributed by atoms with Crippen molar-refractivity contribution in [3.63, 3.8) is 0 Å². The summed E-state index contributed by atoms with van der Waals surface area (Å²) < 4.78 is 13.0. The van der Waals surface area contributed by atoms with Crippen LogP contribution in [0.1, 0.15) is 5.69 Å². The second-order valence-electron chi connectivity index (χ2n) is 4.31. The molecule has 2 aromatic heterocycles. The summed E-state index contributed by atoms with van der Waals surface area (Å²) in [6.45, 7) is 1.83. The van der Waals surface area contributed by atoms with Crippen LogP contribution >= 0.6 is 0 Å². The molecule has 2 heterocycles. The van der Waals surface area contributed by atoms with E-state index >= 15 is 0 Å². The summed E-state index contributed by atoms with van der Waals surface area (Å²) in [5.74, 6) is -0.262. The fourth-order valence-corrected chi connectivity index (χ4v) is 2.22. The molecule has 0 saturated carbocycles. The number of fused-ring (bicyclic) bond motifs is 1. The summed E-state index contributed by atoms with van der Waals surface area (Å²) in [5.41, 5.74) is 7.87. The van der Waals surface area contributed by atoms with Crippen LogP contribution in [0.5, 0.6) is 0 Å². The maximum atomic E-state index is 13.0. The number of nitrogens with zero attached hydrogens (tertiary/aromatic N) is 1. The molecule has 0 amide bonds. The molecular weight excluding hydrogens is 247 g/mol. The highest BCUT2D eigenvalue weighted by molar-refractivity contribution is 5.95. The lowest BCUT2D eigenvalue weighted by atomic mass is 10.0. The van der Waals surface area contributed by atoms with Gasteiger partial charge in [0, 0.05) is 11.3 Å². The summed E-state index contributed by atoms with van der Waals surface area (Å²) in [6.07, 6.45) is 0. The van der Waals surface area contributed by atoms with E-state index in [9.17, 15) is 9.18 Å². The number of halogens is 1. The molecule has 5 nitrogen and oxygen atoms in total. The molecule has 0 aliphatic rings. The number of hydrogen-bond donors (Lipinski definition) is 3. The number of nitrogens with two attached hydrogens (primary N) is 1. The molecular formula is C13H11FN4O. The summed E-state index contributed by atoms with van der Waals surface area (Å²) in [4.78, 5) is 21.5. The number of aryl methyl sites for hydroxylation is 1. The summed E-state index contributed by atoms with van der Waals surface area (Å²) in [5, 5.41) is 0.429. The Balaban J connectivity index is 2.38. The molecule has 0 atom stereocenters. The first kappa shape index (κ1) is 11.5. The second kappa shape index (κ2) is 3.94. The normalized spacial score (nSPS) is 11.1. The molecule has 0 spiro atoms. The van der Waals surface area contributed by atoms with Gasteiger partial charge in [0.25, 0.3) is 5.56 Å². The standard InChI is InChI=1S/C13H11FN4O/c1-6-9(7-2-4-8(14)5-3-7)10-11(16-6)17-13(15)18-12(10)19/h2-5H,1H3,(H4,15,16,17,18,19). The van der Waals surface area contributed by atoms with Crippen LogP contribution < -0.4 is 11.3 Å². The van der Waals surface area contributed by atoms with Gasteiger partial charge >= 0.3 is 0 Å². The Labute approximate surface area is 107 Å². The third-order valence-electron chi connectivity index (χ3n) is 3.00. The number of nitrogens with one attached hydrogen (secondary N) is 2. The lowest BCUT2D eigenvalue weighted by molar-refractivity contribution is 0.628. The molecule has 0 bridgehead atoms. The van der Waals surface area contributed by atoms with E-state index in [0.717, 1.165) is 11.3 Å². The van der Waals surface area contributed by atoms with Gasteiger partial charge in [-0.15, -0.1) is 0 Å². The highest BCUT2D eigenvalue weighted by atomic mass is 19.1. The first-order valence-electron chi connectivity index (χ1n) is 5.70. The lowest BCUT2D eigenvalue weighted by Crippen LogP contribution is -2.10. The van der Waals surface area contributed by atoms with E-state index in [1.54, 1.807) is 12.1 Å². The molecule has 0 saturated heterocycles. The van der Waals surface area contributed by atoms with Gasteiger partial charge in [-0.05, 0) is 24.6 Å². The Morgan fingerprint density at radius 3 is 2.58 bits per heavy atom. The molecule has 19 heavy (non-hydrogen) atoms. The van der Waals surface area contributed by atoms with Gasteiger partial charge in [-0.1, -0.05) is 12.1 Å². The van der Waals surface area contributed by atoms with Crippen LogP contribution in [0.4, 0.5) is 10.3 Å². The monoisotopic (exact) mass is 258 g/mol. The van der Waals surface area contributed by atoms with Gasteiger partial charge in [-0.25, -0.2) is 4.39 Å². The molecule has 3 aromatic rings. The average Bonchev–Trinajstić information content (AvgIpc) is 2.66. The quantitative estimate of drug-likeness (QED) is 0.623. The second-order valence-corrected chi connectivity index (χ2v) is 4.31. The zero-order valence-corrected chi connectivity index (χ0v) is 10.1. The van der Waals surface area contributed by atoms with Gasteiger partial charge in [0.2, 0.25) is 5.95 Å². The van der Waals surface area contributed by atoms with E-state index in [-0.39, 0.29) is 17.3 Å². The fourth-order valence-electron chi connectivity index (χ4n) is 2.22. The predicted octanol–water partition coefficient (Wildman–Crippen LogP) is 1.95. The Morgan fingerprint density at radius 2 is 1.89 bits per heavy atom. The van der Waals surface area contributed by atoms with Crippen LogP contribution in [0.15, 0.2) is 29.1 Å². The number of aromatic amines is 2. The highest BCUT2D eigenvalue weighted by Crippen LogP contribution is 2.29. The van der Waals surface area contributed by atoms with E-state index in [4.69, 9.17) is 5.73 Å². The number of rotatable bonds is 1. The molecule has 0 aliphatic carbocycles. The minimum atomic E-state index is -0.322. The maximum Gasteiger partial charge on any atom is 0.262 e. The molecule has 4 N–H and O–H groups in total. The molecule has 0 fully saturated rings. The summed E-state index contributed by atoms with van der Waals surface area (Å²) >= 11 is 0. The SMILES string of the molecule is Cc1[nH]c2nc(N)[nH]c(=O)c2c1-c1ccc(F)cc1.